The largest absolute Gasteiger partial charge is 0.444 e. The highest BCUT2D eigenvalue weighted by Gasteiger charge is 2.41. The van der Waals surface area contributed by atoms with Crippen LogP contribution < -0.4 is 10.6 Å². The van der Waals surface area contributed by atoms with Gasteiger partial charge in [0.2, 0.25) is 5.89 Å². The van der Waals surface area contributed by atoms with Crippen LogP contribution in [0.4, 0.5) is 13.2 Å². The van der Waals surface area contributed by atoms with Crippen LogP contribution in [0.5, 0.6) is 0 Å². The normalized spacial score (nSPS) is 24.4. The first kappa shape index (κ1) is 23.9. The molecule has 0 atom stereocenters. The van der Waals surface area contributed by atoms with E-state index >= 15 is 0 Å². The van der Waals surface area contributed by atoms with E-state index in [1.54, 1.807) is 0 Å². The summed E-state index contributed by atoms with van der Waals surface area (Å²) in [4.78, 5) is 11.6. The molecule has 9 heteroatoms. The fourth-order valence-electron chi connectivity index (χ4n) is 4.42. The number of alkyl halides is 3. The Morgan fingerprint density at radius 1 is 1.13 bits per heavy atom. The van der Waals surface area contributed by atoms with E-state index in [4.69, 9.17) is 9.41 Å². The van der Waals surface area contributed by atoms with Crippen molar-refractivity contribution in [2.45, 2.75) is 78.1 Å². The number of halogens is 3. The van der Waals surface area contributed by atoms with E-state index in [9.17, 15) is 13.2 Å². The number of aryl methyl sites for hydroxylation is 2. The predicted octanol–water partition coefficient (Wildman–Crippen LogP) is 4.18. The Morgan fingerprint density at radius 3 is 2.35 bits per heavy atom. The van der Waals surface area contributed by atoms with Gasteiger partial charge in [-0.05, 0) is 78.3 Å². The van der Waals surface area contributed by atoms with Crippen molar-refractivity contribution in [2.24, 2.45) is 16.8 Å². The van der Waals surface area contributed by atoms with Crippen molar-refractivity contribution >= 4 is 5.96 Å². The summed E-state index contributed by atoms with van der Waals surface area (Å²) in [7, 11) is 0. The first-order valence-electron chi connectivity index (χ1n) is 11.5. The highest BCUT2D eigenvalue weighted by atomic mass is 19.4. The van der Waals surface area contributed by atoms with Gasteiger partial charge in [0, 0.05) is 19.1 Å². The van der Waals surface area contributed by atoms with Crippen molar-refractivity contribution in [1.29, 1.82) is 0 Å². The van der Waals surface area contributed by atoms with E-state index in [1.165, 1.54) is 0 Å². The van der Waals surface area contributed by atoms with Gasteiger partial charge in [0.05, 0.1) is 18.2 Å². The number of nitrogens with zero attached hydrogens (tertiary/aromatic N) is 3. The number of guanidine groups is 1. The van der Waals surface area contributed by atoms with Gasteiger partial charge in [0.25, 0.3) is 0 Å². The highest BCUT2D eigenvalue weighted by molar-refractivity contribution is 5.80. The molecule has 1 saturated carbocycles. The quantitative estimate of drug-likeness (QED) is 0.510. The summed E-state index contributed by atoms with van der Waals surface area (Å²) in [5, 5.41) is 6.60. The first-order chi connectivity index (χ1) is 14.7. The molecule has 3 rings (SSSR count). The van der Waals surface area contributed by atoms with Gasteiger partial charge in [-0.3, -0.25) is 9.89 Å². The van der Waals surface area contributed by atoms with Crippen LogP contribution in [0.3, 0.4) is 0 Å². The molecule has 1 aromatic heterocycles. The Bertz CT molecular complexity index is 698. The van der Waals surface area contributed by atoms with Crippen LogP contribution >= 0.6 is 0 Å². The van der Waals surface area contributed by atoms with Gasteiger partial charge in [-0.1, -0.05) is 0 Å². The molecule has 1 aromatic rings. The number of nitrogens with one attached hydrogen (secondary N) is 2. The Morgan fingerprint density at radius 2 is 1.81 bits per heavy atom. The van der Waals surface area contributed by atoms with Crippen LogP contribution in [0.1, 0.15) is 62.8 Å². The number of hydrogen-bond donors (Lipinski definition) is 2. The lowest BCUT2D eigenvalue weighted by atomic mass is 9.85. The standard InChI is InChI=1S/C22H36F3N5O/c1-4-26-21(29-19-7-5-18(6-8-19)22(23,24)25)27-13-17-9-11-30(12-10-17)14-20-28-15(2)16(3)31-20/h17-19H,4-14H2,1-3H3,(H2,26,27,29). The average Bonchev–Trinajstić information content (AvgIpc) is 3.04. The number of rotatable bonds is 6. The Kier molecular flexibility index (Phi) is 8.24. The molecule has 176 valence electrons. The smallest absolute Gasteiger partial charge is 0.391 e. The van der Waals surface area contributed by atoms with Crippen LogP contribution in [-0.2, 0) is 6.54 Å². The number of oxazole rings is 1. The second-order valence-electron chi connectivity index (χ2n) is 8.92. The third kappa shape index (κ3) is 7.12. The number of hydrogen-bond acceptors (Lipinski definition) is 4. The second kappa shape index (κ2) is 10.7. The van der Waals surface area contributed by atoms with Gasteiger partial charge in [0.1, 0.15) is 5.76 Å². The van der Waals surface area contributed by atoms with Gasteiger partial charge >= 0.3 is 6.18 Å². The van der Waals surface area contributed by atoms with Crippen LogP contribution in [0.2, 0.25) is 0 Å². The maximum Gasteiger partial charge on any atom is 0.391 e. The van der Waals surface area contributed by atoms with Gasteiger partial charge < -0.3 is 15.1 Å². The molecule has 0 aromatic carbocycles. The van der Waals surface area contributed by atoms with Crippen molar-refractivity contribution in [3.63, 3.8) is 0 Å². The second-order valence-corrected chi connectivity index (χ2v) is 8.92. The van der Waals surface area contributed by atoms with E-state index < -0.39 is 12.1 Å². The molecule has 0 spiro atoms. The molecule has 1 saturated heterocycles. The zero-order valence-electron chi connectivity index (χ0n) is 18.9. The molecule has 2 heterocycles. The Hall–Kier alpha value is -1.77. The molecule has 0 radical (unpaired) electrons. The lowest BCUT2D eigenvalue weighted by Crippen LogP contribution is -2.46. The van der Waals surface area contributed by atoms with E-state index in [-0.39, 0.29) is 18.9 Å². The van der Waals surface area contributed by atoms with Crippen LogP contribution in [0.25, 0.3) is 0 Å². The molecule has 2 N–H and O–H groups in total. The molecular formula is C22H36F3N5O. The Labute approximate surface area is 183 Å². The molecule has 6 nitrogen and oxygen atoms in total. The van der Waals surface area contributed by atoms with Gasteiger partial charge in [-0.2, -0.15) is 13.2 Å². The van der Waals surface area contributed by atoms with E-state index in [1.807, 2.05) is 20.8 Å². The maximum absolute atomic E-state index is 12.9. The molecule has 1 aliphatic heterocycles. The van der Waals surface area contributed by atoms with Crippen molar-refractivity contribution < 1.29 is 17.6 Å². The summed E-state index contributed by atoms with van der Waals surface area (Å²) in [6.45, 7) is 10.1. The molecule has 1 aliphatic carbocycles. The van der Waals surface area contributed by atoms with Crippen LogP contribution in [-0.4, -0.2) is 54.2 Å². The zero-order valence-corrected chi connectivity index (χ0v) is 18.9. The van der Waals surface area contributed by atoms with Crippen molar-refractivity contribution in [1.82, 2.24) is 20.5 Å². The SMILES string of the molecule is CCNC(=NCC1CCN(Cc2nc(C)c(C)o2)CC1)NC1CCC(C(F)(F)F)CC1. The van der Waals surface area contributed by atoms with Crippen LogP contribution in [0, 0.1) is 25.7 Å². The van der Waals surface area contributed by atoms with Crippen LogP contribution in [0.15, 0.2) is 9.41 Å². The minimum absolute atomic E-state index is 0.0611. The monoisotopic (exact) mass is 443 g/mol. The fourth-order valence-corrected chi connectivity index (χ4v) is 4.42. The summed E-state index contributed by atoms with van der Waals surface area (Å²) in [6.07, 6.45) is -0.468. The lowest BCUT2D eigenvalue weighted by Gasteiger charge is -2.32. The topological polar surface area (TPSA) is 65.7 Å². The summed E-state index contributed by atoms with van der Waals surface area (Å²) >= 11 is 0. The van der Waals surface area contributed by atoms with E-state index in [0.717, 1.165) is 68.9 Å². The zero-order chi connectivity index (χ0) is 22.4. The highest BCUT2D eigenvalue weighted by Crippen LogP contribution is 2.37. The van der Waals surface area contributed by atoms with Gasteiger partial charge in [0.15, 0.2) is 5.96 Å². The number of likely N-dealkylation sites (tertiary alicyclic amines) is 1. The first-order valence-corrected chi connectivity index (χ1v) is 11.5. The molecular weight excluding hydrogens is 407 g/mol. The summed E-state index contributed by atoms with van der Waals surface area (Å²) in [5.74, 6) is 1.76. The lowest BCUT2D eigenvalue weighted by molar-refractivity contribution is -0.182. The summed E-state index contributed by atoms with van der Waals surface area (Å²) < 4.78 is 44.3. The van der Waals surface area contributed by atoms with Crippen molar-refractivity contribution in [3.05, 3.63) is 17.3 Å². The van der Waals surface area contributed by atoms with E-state index in [2.05, 4.69) is 20.5 Å². The van der Waals surface area contributed by atoms with E-state index in [0.29, 0.717) is 18.8 Å². The molecule has 0 amide bonds. The van der Waals surface area contributed by atoms with Gasteiger partial charge in [-0.15, -0.1) is 0 Å². The third-order valence-electron chi connectivity index (χ3n) is 6.52. The molecule has 0 bridgehead atoms. The summed E-state index contributed by atoms with van der Waals surface area (Å²) in [5.41, 5.74) is 0.953. The number of piperidine rings is 1. The molecule has 31 heavy (non-hydrogen) atoms. The fraction of sp³-hybridized carbons (Fsp3) is 0.818. The predicted molar refractivity (Wildman–Crippen MR) is 115 cm³/mol. The van der Waals surface area contributed by atoms with Gasteiger partial charge in [-0.25, -0.2) is 4.98 Å². The molecule has 2 fully saturated rings. The van der Waals surface area contributed by atoms with Crippen molar-refractivity contribution in [3.8, 4) is 0 Å². The van der Waals surface area contributed by atoms with Crippen molar-refractivity contribution in [2.75, 3.05) is 26.2 Å². The molecule has 0 unspecified atom stereocenters. The number of aromatic nitrogens is 1. The average molecular weight is 444 g/mol. The number of aliphatic imine (C=N–C) groups is 1. The summed E-state index contributed by atoms with van der Waals surface area (Å²) in [6, 6.07) is 0.0611. The minimum Gasteiger partial charge on any atom is -0.444 e. The third-order valence-corrected chi connectivity index (χ3v) is 6.52. The maximum atomic E-state index is 12.9. The minimum atomic E-state index is -4.07. The molecule has 2 aliphatic rings. The Balaban J connectivity index is 1.42.